The summed E-state index contributed by atoms with van der Waals surface area (Å²) in [6.45, 7) is 14.4. The number of nitrogens with zero attached hydrogens (tertiary/aromatic N) is 3. The van der Waals surface area contributed by atoms with Crippen LogP contribution in [0.3, 0.4) is 0 Å². The number of hydrogen-bond acceptors (Lipinski definition) is 5. The van der Waals surface area contributed by atoms with Crippen LogP contribution in [0.4, 0.5) is 0 Å². The number of carbonyl (C=O) groups excluding carboxylic acids is 1. The van der Waals surface area contributed by atoms with E-state index in [9.17, 15) is 9.90 Å². The topological polar surface area (TPSA) is 89.3 Å². The van der Waals surface area contributed by atoms with Crippen molar-refractivity contribution in [3.05, 3.63) is 29.1 Å². The van der Waals surface area contributed by atoms with Gasteiger partial charge < -0.3 is 15.2 Å². The van der Waals surface area contributed by atoms with E-state index in [2.05, 4.69) is 52.0 Å². The van der Waals surface area contributed by atoms with Crippen LogP contribution in [0.2, 0.25) is 0 Å². The van der Waals surface area contributed by atoms with Crippen LogP contribution in [-0.4, -0.2) is 45.0 Å². The lowest BCUT2D eigenvalue weighted by Gasteiger charge is -2.28. The first-order chi connectivity index (χ1) is 15.9. The molecule has 1 aromatic heterocycles. The maximum Gasteiger partial charge on any atom is 0.291 e. The molecule has 0 bridgehead atoms. The molecule has 2 N–H and O–H groups in total. The Morgan fingerprint density at radius 3 is 2.15 bits per heavy atom. The van der Waals surface area contributed by atoms with Gasteiger partial charge in [0.25, 0.3) is 5.91 Å². The minimum atomic E-state index is -0.261. The molecule has 7 heteroatoms. The highest BCUT2D eigenvalue weighted by molar-refractivity contribution is 5.91. The van der Waals surface area contributed by atoms with Gasteiger partial charge in [-0.25, -0.2) is 9.67 Å². The molecule has 7 nitrogen and oxygen atoms in total. The summed E-state index contributed by atoms with van der Waals surface area (Å²) in [5, 5.41) is 18.8. The van der Waals surface area contributed by atoms with Crippen LogP contribution >= 0.6 is 0 Å². The molecule has 1 aliphatic heterocycles. The van der Waals surface area contributed by atoms with E-state index < -0.39 is 0 Å². The first-order valence-corrected chi connectivity index (χ1v) is 12.7. The van der Waals surface area contributed by atoms with Gasteiger partial charge in [0.1, 0.15) is 5.75 Å². The van der Waals surface area contributed by atoms with E-state index in [4.69, 9.17) is 9.72 Å². The lowest BCUT2D eigenvalue weighted by atomic mass is 9.78. The standard InChI is InChI=1S/C27H40N4O3/c1-26(2,3)20-12-18(13-21(22(20)32)27(4,5)6)24-29-23(25(33)28-19-15-34-16-19)30-31(24)14-17-10-8-7-9-11-17/h12-13,17,19,32H,7-11,14-16H2,1-6H3,(H,28,33). The molecule has 1 aromatic carbocycles. The van der Waals surface area contributed by atoms with Crippen molar-refractivity contribution < 1.29 is 14.6 Å². The zero-order chi connectivity index (χ0) is 24.7. The average molecular weight is 469 g/mol. The predicted molar refractivity (Wildman–Crippen MR) is 133 cm³/mol. The first kappa shape index (κ1) is 24.7. The summed E-state index contributed by atoms with van der Waals surface area (Å²) < 4.78 is 7.11. The normalized spacial score (nSPS) is 18.1. The van der Waals surface area contributed by atoms with Gasteiger partial charge in [0, 0.05) is 23.2 Å². The maximum absolute atomic E-state index is 12.9. The Kier molecular flexibility index (Phi) is 6.78. The highest BCUT2D eigenvalue weighted by Crippen LogP contribution is 2.42. The van der Waals surface area contributed by atoms with Crippen LogP contribution in [-0.2, 0) is 22.1 Å². The van der Waals surface area contributed by atoms with E-state index in [1.54, 1.807) is 0 Å². The number of phenols is 1. The van der Waals surface area contributed by atoms with Gasteiger partial charge >= 0.3 is 0 Å². The molecule has 2 fully saturated rings. The van der Waals surface area contributed by atoms with Crippen molar-refractivity contribution in [2.45, 2.75) is 97.1 Å². The van der Waals surface area contributed by atoms with Gasteiger partial charge in [-0.1, -0.05) is 60.8 Å². The van der Waals surface area contributed by atoms with Gasteiger partial charge in [0.2, 0.25) is 5.82 Å². The van der Waals surface area contributed by atoms with E-state index in [0.717, 1.165) is 23.2 Å². The lowest BCUT2D eigenvalue weighted by Crippen LogP contribution is -2.48. The second-order valence-electron chi connectivity index (χ2n) is 12.1. The molecule has 0 spiro atoms. The third-order valence-corrected chi connectivity index (χ3v) is 6.99. The molecule has 1 saturated heterocycles. The van der Waals surface area contributed by atoms with Gasteiger partial charge in [-0.2, -0.15) is 0 Å². The van der Waals surface area contributed by atoms with Crippen molar-refractivity contribution in [3.8, 4) is 17.1 Å². The third kappa shape index (κ3) is 5.29. The van der Waals surface area contributed by atoms with Gasteiger partial charge in [0.15, 0.2) is 5.82 Å². The lowest BCUT2D eigenvalue weighted by molar-refractivity contribution is -0.00364. The summed E-state index contributed by atoms with van der Waals surface area (Å²) in [5.41, 5.74) is 2.14. The number of nitrogens with one attached hydrogen (secondary N) is 1. The minimum absolute atomic E-state index is 0.0231. The van der Waals surface area contributed by atoms with E-state index in [1.165, 1.54) is 32.1 Å². The molecule has 0 radical (unpaired) electrons. The number of phenolic OH excluding ortho intramolecular Hbond substituents is 1. The molecule has 0 unspecified atom stereocenters. The number of carbonyl (C=O) groups is 1. The zero-order valence-corrected chi connectivity index (χ0v) is 21.6. The van der Waals surface area contributed by atoms with Crippen LogP contribution in [0, 0.1) is 5.92 Å². The second kappa shape index (κ2) is 9.33. The van der Waals surface area contributed by atoms with E-state index in [-0.39, 0.29) is 28.6 Å². The van der Waals surface area contributed by atoms with Crippen molar-refractivity contribution in [3.63, 3.8) is 0 Å². The predicted octanol–water partition coefficient (Wildman–Crippen LogP) is 4.95. The number of benzene rings is 1. The van der Waals surface area contributed by atoms with Crippen molar-refractivity contribution in [1.82, 2.24) is 20.1 Å². The molecular weight excluding hydrogens is 428 g/mol. The fourth-order valence-electron chi connectivity index (χ4n) is 4.87. The Bertz CT molecular complexity index is 1000. The van der Waals surface area contributed by atoms with Crippen molar-refractivity contribution in [1.29, 1.82) is 0 Å². The van der Waals surface area contributed by atoms with Crippen molar-refractivity contribution in [2.75, 3.05) is 13.2 Å². The van der Waals surface area contributed by atoms with Crippen LogP contribution in [0.1, 0.15) is 95.4 Å². The molecule has 1 aliphatic carbocycles. The summed E-state index contributed by atoms with van der Waals surface area (Å²) in [4.78, 5) is 17.6. The fourth-order valence-corrected chi connectivity index (χ4v) is 4.87. The van der Waals surface area contributed by atoms with Crippen LogP contribution in [0.5, 0.6) is 5.75 Å². The van der Waals surface area contributed by atoms with E-state index in [1.807, 2.05) is 16.8 Å². The Morgan fingerprint density at radius 1 is 1.06 bits per heavy atom. The quantitative estimate of drug-likeness (QED) is 0.648. The Morgan fingerprint density at radius 2 is 1.65 bits per heavy atom. The summed E-state index contributed by atoms with van der Waals surface area (Å²) in [6, 6.07) is 4.07. The summed E-state index contributed by atoms with van der Waals surface area (Å²) in [6.07, 6.45) is 6.13. The molecule has 1 amide bonds. The van der Waals surface area contributed by atoms with E-state index in [0.29, 0.717) is 30.7 Å². The van der Waals surface area contributed by atoms with Gasteiger partial charge in [-0.05, 0) is 41.7 Å². The monoisotopic (exact) mass is 468 g/mol. The molecule has 0 atom stereocenters. The molecular formula is C27H40N4O3. The molecule has 34 heavy (non-hydrogen) atoms. The Balaban J connectivity index is 1.80. The van der Waals surface area contributed by atoms with Gasteiger partial charge in [-0.3, -0.25) is 4.79 Å². The number of hydrogen-bond donors (Lipinski definition) is 2. The highest BCUT2D eigenvalue weighted by Gasteiger charge is 2.30. The molecule has 2 aromatic rings. The maximum atomic E-state index is 12.9. The smallest absolute Gasteiger partial charge is 0.291 e. The number of aromatic hydroxyl groups is 1. The van der Waals surface area contributed by atoms with Crippen molar-refractivity contribution in [2.24, 2.45) is 5.92 Å². The summed E-state index contributed by atoms with van der Waals surface area (Å²) in [7, 11) is 0. The molecule has 1 saturated carbocycles. The minimum Gasteiger partial charge on any atom is -0.507 e. The van der Waals surface area contributed by atoms with Crippen LogP contribution < -0.4 is 5.32 Å². The molecule has 2 heterocycles. The van der Waals surface area contributed by atoms with Crippen LogP contribution in [0.25, 0.3) is 11.4 Å². The van der Waals surface area contributed by atoms with Gasteiger partial charge in [0.05, 0.1) is 19.3 Å². The second-order valence-corrected chi connectivity index (χ2v) is 12.1. The Labute approximate surface area is 203 Å². The van der Waals surface area contributed by atoms with Crippen LogP contribution in [0.15, 0.2) is 12.1 Å². The zero-order valence-electron chi connectivity index (χ0n) is 21.6. The molecule has 186 valence electrons. The average Bonchev–Trinajstić information content (AvgIpc) is 3.13. The summed E-state index contributed by atoms with van der Waals surface area (Å²) in [5.74, 6) is 1.50. The van der Waals surface area contributed by atoms with Gasteiger partial charge in [-0.15, -0.1) is 5.10 Å². The third-order valence-electron chi connectivity index (χ3n) is 6.99. The fraction of sp³-hybridized carbons (Fsp3) is 0.667. The number of aromatic nitrogens is 3. The number of ether oxygens (including phenoxy) is 1. The highest BCUT2D eigenvalue weighted by atomic mass is 16.5. The molecule has 4 rings (SSSR count). The Hall–Kier alpha value is -2.41. The van der Waals surface area contributed by atoms with E-state index >= 15 is 0 Å². The SMILES string of the molecule is CC(C)(C)c1cc(-c2nc(C(=O)NC3COC3)nn2CC2CCCCC2)cc(C(C)(C)C)c1O. The largest absolute Gasteiger partial charge is 0.507 e. The van der Waals surface area contributed by atoms with Crippen molar-refractivity contribution >= 4 is 5.91 Å². The first-order valence-electron chi connectivity index (χ1n) is 12.7. The number of rotatable bonds is 5. The number of amides is 1. The molecule has 2 aliphatic rings. The summed E-state index contributed by atoms with van der Waals surface area (Å²) >= 11 is 0.